The van der Waals surface area contributed by atoms with Gasteiger partial charge in [-0.25, -0.2) is 4.98 Å². The number of rotatable bonds is 3. The molecule has 1 aliphatic carbocycles. The van der Waals surface area contributed by atoms with Crippen LogP contribution in [-0.4, -0.2) is 21.8 Å². The normalized spacial score (nSPS) is 22.5. The van der Waals surface area contributed by atoms with Gasteiger partial charge in [0.2, 0.25) is 5.91 Å². The molecule has 1 aromatic heterocycles. The van der Waals surface area contributed by atoms with Crippen LogP contribution in [0.3, 0.4) is 0 Å². The molecule has 1 saturated carbocycles. The summed E-state index contributed by atoms with van der Waals surface area (Å²) in [7, 11) is 0. The highest BCUT2D eigenvalue weighted by Gasteiger charge is 2.39. The van der Waals surface area contributed by atoms with Crippen LogP contribution in [0.2, 0.25) is 0 Å². The van der Waals surface area contributed by atoms with Gasteiger partial charge < -0.3 is 10.5 Å². The topological polar surface area (TPSA) is 74.6 Å². The van der Waals surface area contributed by atoms with Crippen molar-refractivity contribution in [3.63, 3.8) is 0 Å². The quantitative estimate of drug-likeness (QED) is 0.508. The van der Waals surface area contributed by atoms with Gasteiger partial charge >= 0.3 is 0 Å². The van der Waals surface area contributed by atoms with E-state index in [1.165, 1.54) is 11.3 Å². The number of amides is 1. The first-order chi connectivity index (χ1) is 8.94. The fourth-order valence-electron chi connectivity index (χ4n) is 2.55. The van der Waals surface area contributed by atoms with E-state index in [0.717, 1.165) is 19.3 Å². The van der Waals surface area contributed by atoms with E-state index in [9.17, 15) is 4.79 Å². The van der Waals surface area contributed by atoms with Crippen molar-refractivity contribution in [2.75, 3.05) is 5.32 Å². The Hall–Kier alpha value is -1.43. The van der Waals surface area contributed by atoms with Crippen molar-refractivity contribution in [3.05, 3.63) is 11.1 Å². The Bertz CT molecular complexity index is 508. The maximum Gasteiger partial charge on any atom is 0.229 e. The molecular formula is C13H19N3O2S. The second kappa shape index (κ2) is 5.28. The lowest BCUT2D eigenvalue weighted by atomic mass is 9.81. The first-order valence-corrected chi connectivity index (χ1v) is 7.27. The maximum absolute atomic E-state index is 12.3. The molecule has 1 aromatic rings. The van der Waals surface area contributed by atoms with Crippen molar-refractivity contribution >= 4 is 28.1 Å². The molecule has 0 aromatic carbocycles. The van der Waals surface area contributed by atoms with Gasteiger partial charge in [-0.3, -0.25) is 4.79 Å². The Morgan fingerprint density at radius 3 is 2.95 bits per heavy atom. The number of carbonyl (C=O) groups excluding carboxylic acids is 1. The predicted molar refractivity (Wildman–Crippen MR) is 75.9 cm³/mol. The molecule has 2 rings (SSSR count). The number of hydrogen-bond acceptors (Lipinski definition) is 5. The van der Waals surface area contributed by atoms with E-state index < -0.39 is 0 Å². The van der Waals surface area contributed by atoms with Gasteiger partial charge in [-0.05, 0) is 25.2 Å². The Kier molecular flexibility index (Phi) is 3.89. The SMILES string of the molecule is CC(=NO)c1csc(NC(=O)C2CCCC2(C)C)n1. The molecule has 1 aliphatic rings. The number of anilines is 1. The van der Waals surface area contributed by atoms with Gasteiger partial charge in [0, 0.05) is 11.3 Å². The number of hydrogen-bond donors (Lipinski definition) is 2. The third kappa shape index (κ3) is 2.94. The van der Waals surface area contributed by atoms with Gasteiger partial charge in [-0.1, -0.05) is 25.4 Å². The number of carbonyl (C=O) groups is 1. The molecule has 19 heavy (non-hydrogen) atoms. The van der Waals surface area contributed by atoms with Crippen molar-refractivity contribution in [3.8, 4) is 0 Å². The van der Waals surface area contributed by atoms with E-state index >= 15 is 0 Å². The number of oxime groups is 1. The second-order valence-electron chi connectivity index (χ2n) is 5.65. The molecule has 2 N–H and O–H groups in total. The fourth-order valence-corrected chi connectivity index (χ4v) is 3.31. The fraction of sp³-hybridized carbons (Fsp3) is 0.615. The minimum absolute atomic E-state index is 0.0435. The summed E-state index contributed by atoms with van der Waals surface area (Å²) in [5, 5.41) is 17.0. The summed E-state index contributed by atoms with van der Waals surface area (Å²) in [6.45, 7) is 5.95. The van der Waals surface area contributed by atoms with Gasteiger partial charge in [-0.15, -0.1) is 11.3 Å². The van der Waals surface area contributed by atoms with Crippen LogP contribution in [0.5, 0.6) is 0 Å². The van der Waals surface area contributed by atoms with E-state index in [1.54, 1.807) is 12.3 Å². The van der Waals surface area contributed by atoms with Crippen LogP contribution in [0.4, 0.5) is 5.13 Å². The average Bonchev–Trinajstić information content (AvgIpc) is 2.94. The molecule has 104 valence electrons. The summed E-state index contributed by atoms with van der Waals surface area (Å²) in [6, 6.07) is 0. The van der Waals surface area contributed by atoms with Crippen LogP contribution in [-0.2, 0) is 4.79 Å². The van der Waals surface area contributed by atoms with Gasteiger partial charge in [0.25, 0.3) is 0 Å². The summed E-state index contributed by atoms with van der Waals surface area (Å²) in [6.07, 6.45) is 3.13. The first kappa shape index (κ1) is 14.0. The molecule has 0 bridgehead atoms. The number of aromatic nitrogens is 1. The summed E-state index contributed by atoms with van der Waals surface area (Å²) in [5.41, 5.74) is 1.10. The molecule has 0 spiro atoms. The largest absolute Gasteiger partial charge is 0.411 e. The smallest absolute Gasteiger partial charge is 0.229 e. The number of nitrogens with one attached hydrogen (secondary N) is 1. The molecule has 6 heteroatoms. The monoisotopic (exact) mass is 281 g/mol. The molecule has 5 nitrogen and oxygen atoms in total. The Morgan fingerprint density at radius 1 is 1.63 bits per heavy atom. The van der Waals surface area contributed by atoms with Crippen LogP contribution in [0.15, 0.2) is 10.5 Å². The highest BCUT2D eigenvalue weighted by atomic mass is 32.1. The van der Waals surface area contributed by atoms with Crippen molar-refractivity contribution in [2.45, 2.75) is 40.0 Å². The molecule has 0 saturated heterocycles. The zero-order chi connectivity index (χ0) is 14.0. The van der Waals surface area contributed by atoms with Crippen LogP contribution in [0, 0.1) is 11.3 Å². The van der Waals surface area contributed by atoms with E-state index in [4.69, 9.17) is 5.21 Å². The van der Waals surface area contributed by atoms with E-state index in [0.29, 0.717) is 16.5 Å². The molecule has 1 fully saturated rings. The van der Waals surface area contributed by atoms with Crippen LogP contribution in [0.25, 0.3) is 0 Å². The number of nitrogens with zero attached hydrogens (tertiary/aromatic N) is 2. The zero-order valence-corrected chi connectivity index (χ0v) is 12.3. The summed E-state index contributed by atoms with van der Waals surface area (Å²) >= 11 is 1.35. The molecule has 1 atom stereocenters. The lowest BCUT2D eigenvalue weighted by Crippen LogP contribution is -2.30. The van der Waals surface area contributed by atoms with Gasteiger partial charge in [0.15, 0.2) is 5.13 Å². The third-order valence-electron chi connectivity index (χ3n) is 3.83. The summed E-state index contributed by atoms with van der Waals surface area (Å²) in [4.78, 5) is 16.5. The third-order valence-corrected chi connectivity index (χ3v) is 4.59. The Balaban J connectivity index is 2.05. The number of thiazole rings is 1. The molecular weight excluding hydrogens is 262 g/mol. The highest BCUT2D eigenvalue weighted by molar-refractivity contribution is 7.14. The average molecular weight is 281 g/mol. The standard InChI is InChI=1S/C13H19N3O2S/c1-8(16-18)10-7-19-12(14-10)15-11(17)9-5-4-6-13(9,2)3/h7,9,18H,4-6H2,1-3H3,(H,14,15,17). The van der Waals surface area contributed by atoms with Gasteiger partial charge in [0.05, 0.1) is 0 Å². The minimum Gasteiger partial charge on any atom is -0.411 e. The van der Waals surface area contributed by atoms with E-state index in [-0.39, 0.29) is 17.2 Å². The zero-order valence-electron chi connectivity index (χ0n) is 11.4. The molecule has 1 heterocycles. The van der Waals surface area contributed by atoms with Gasteiger partial charge in [-0.2, -0.15) is 0 Å². The van der Waals surface area contributed by atoms with Crippen molar-refractivity contribution < 1.29 is 10.0 Å². The predicted octanol–water partition coefficient (Wildman–Crippen LogP) is 3.11. The second-order valence-corrected chi connectivity index (χ2v) is 6.50. The van der Waals surface area contributed by atoms with Crippen molar-refractivity contribution in [2.24, 2.45) is 16.5 Å². The van der Waals surface area contributed by atoms with Crippen molar-refractivity contribution in [1.82, 2.24) is 4.98 Å². The minimum atomic E-state index is 0.0435. The molecule has 1 unspecified atom stereocenters. The van der Waals surface area contributed by atoms with Crippen molar-refractivity contribution in [1.29, 1.82) is 0 Å². The Labute approximate surface area is 116 Å². The van der Waals surface area contributed by atoms with Crippen LogP contribution < -0.4 is 5.32 Å². The first-order valence-electron chi connectivity index (χ1n) is 6.39. The van der Waals surface area contributed by atoms with Gasteiger partial charge in [0.1, 0.15) is 11.4 Å². The maximum atomic E-state index is 12.3. The molecule has 0 radical (unpaired) electrons. The lowest BCUT2D eigenvalue weighted by Gasteiger charge is -2.25. The van der Waals surface area contributed by atoms with Crippen LogP contribution >= 0.6 is 11.3 Å². The summed E-state index contributed by atoms with van der Waals surface area (Å²) < 4.78 is 0. The summed E-state index contributed by atoms with van der Waals surface area (Å²) in [5.74, 6) is 0.0921. The Morgan fingerprint density at radius 2 is 2.37 bits per heavy atom. The van der Waals surface area contributed by atoms with E-state index in [2.05, 4.69) is 29.3 Å². The highest BCUT2D eigenvalue weighted by Crippen LogP contribution is 2.43. The molecule has 1 amide bonds. The molecule has 0 aliphatic heterocycles. The van der Waals surface area contributed by atoms with Crippen LogP contribution in [0.1, 0.15) is 45.7 Å². The van der Waals surface area contributed by atoms with E-state index in [1.807, 2.05) is 0 Å². The lowest BCUT2D eigenvalue weighted by molar-refractivity contribution is -0.122.